The predicted octanol–water partition coefficient (Wildman–Crippen LogP) is 1.77. The zero-order valence-electron chi connectivity index (χ0n) is 12.4. The monoisotopic (exact) mass is 335 g/mol. The van der Waals surface area contributed by atoms with Gasteiger partial charge in [-0.15, -0.1) is 0 Å². The van der Waals surface area contributed by atoms with Gasteiger partial charge in [0.05, 0.1) is 14.2 Å². The summed E-state index contributed by atoms with van der Waals surface area (Å²) in [4.78, 5) is 21.8. The highest BCUT2D eigenvalue weighted by atomic mass is 19.4. The van der Waals surface area contributed by atoms with E-state index >= 15 is 0 Å². The molecule has 1 amide bonds. The van der Waals surface area contributed by atoms with Crippen molar-refractivity contribution >= 4 is 11.9 Å². The molecule has 0 aliphatic heterocycles. The standard InChI is InChI=1S/C14H16F3NO5/c1-22-10-6-4-8(7-11(10)23-2)3-5-9(12(19)20)18-13(21)14(15,16)17/h4,6-7,9H,3,5H2,1-2H3,(H,18,21)(H,19,20)/t9-/m1/s1. The molecule has 0 saturated carbocycles. The van der Waals surface area contributed by atoms with Crippen molar-refractivity contribution in [1.29, 1.82) is 0 Å². The summed E-state index contributed by atoms with van der Waals surface area (Å²) in [5.74, 6) is -2.94. The highest BCUT2D eigenvalue weighted by molar-refractivity contribution is 5.86. The Bertz CT molecular complexity index is 574. The van der Waals surface area contributed by atoms with Crippen molar-refractivity contribution in [2.45, 2.75) is 25.1 Å². The van der Waals surface area contributed by atoms with Crippen molar-refractivity contribution in [3.63, 3.8) is 0 Å². The lowest BCUT2D eigenvalue weighted by atomic mass is 10.0. The van der Waals surface area contributed by atoms with Crippen LogP contribution in [0.4, 0.5) is 13.2 Å². The van der Waals surface area contributed by atoms with Gasteiger partial charge >= 0.3 is 18.1 Å². The van der Waals surface area contributed by atoms with Crippen molar-refractivity contribution in [1.82, 2.24) is 5.32 Å². The summed E-state index contributed by atoms with van der Waals surface area (Å²) in [6.07, 6.45) is -5.20. The molecule has 23 heavy (non-hydrogen) atoms. The molecule has 1 rings (SSSR count). The average Bonchev–Trinajstić information content (AvgIpc) is 2.49. The minimum Gasteiger partial charge on any atom is -0.493 e. The van der Waals surface area contributed by atoms with Crippen LogP contribution in [0, 0.1) is 0 Å². The smallest absolute Gasteiger partial charge is 0.471 e. The molecule has 0 spiro atoms. The van der Waals surface area contributed by atoms with Crippen LogP contribution in [0.2, 0.25) is 0 Å². The number of alkyl halides is 3. The molecule has 0 heterocycles. The van der Waals surface area contributed by atoms with Gasteiger partial charge in [0.2, 0.25) is 0 Å². The molecule has 0 aromatic heterocycles. The average molecular weight is 335 g/mol. The van der Waals surface area contributed by atoms with E-state index in [0.717, 1.165) is 0 Å². The summed E-state index contributed by atoms with van der Waals surface area (Å²) >= 11 is 0. The number of carbonyl (C=O) groups is 2. The van der Waals surface area contributed by atoms with Gasteiger partial charge in [-0.25, -0.2) is 4.79 Å². The second-order valence-electron chi connectivity index (χ2n) is 4.59. The van der Waals surface area contributed by atoms with Crippen molar-refractivity contribution in [2.75, 3.05) is 14.2 Å². The van der Waals surface area contributed by atoms with Gasteiger partial charge in [-0.1, -0.05) is 6.07 Å². The summed E-state index contributed by atoms with van der Waals surface area (Å²) in [6, 6.07) is 3.17. The van der Waals surface area contributed by atoms with Crippen LogP contribution in [0.1, 0.15) is 12.0 Å². The number of methoxy groups -OCH3 is 2. The SMILES string of the molecule is COc1ccc(CC[C@@H](NC(=O)C(F)(F)F)C(=O)O)cc1OC. The Morgan fingerprint density at radius 3 is 2.30 bits per heavy atom. The number of aliphatic carboxylic acids is 1. The molecule has 0 radical (unpaired) electrons. The molecule has 0 bridgehead atoms. The number of carboxylic acids is 1. The highest BCUT2D eigenvalue weighted by Gasteiger charge is 2.40. The van der Waals surface area contributed by atoms with Gasteiger partial charge in [0, 0.05) is 0 Å². The first kappa shape index (κ1) is 18.6. The lowest BCUT2D eigenvalue weighted by molar-refractivity contribution is -0.175. The molecule has 6 nitrogen and oxygen atoms in total. The molecule has 9 heteroatoms. The van der Waals surface area contributed by atoms with Gasteiger partial charge in [0.25, 0.3) is 0 Å². The largest absolute Gasteiger partial charge is 0.493 e. The maximum atomic E-state index is 12.2. The van der Waals surface area contributed by atoms with Crippen LogP contribution in [-0.4, -0.2) is 43.4 Å². The topological polar surface area (TPSA) is 84.9 Å². The first-order valence-electron chi connectivity index (χ1n) is 6.50. The minimum atomic E-state index is -5.13. The highest BCUT2D eigenvalue weighted by Crippen LogP contribution is 2.28. The normalized spacial score (nSPS) is 12.4. The van der Waals surface area contributed by atoms with Crippen LogP contribution in [0.5, 0.6) is 11.5 Å². The Kier molecular flexibility index (Phi) is 6.23. The number of ether oxygens (including phenoxy) is 2. The number of hydrogen-bond donors (Lipinski definition) is 2. The maximum Gasteiger partial charge on any atom is 0.471 e. The number of rotatable bonds is 7. The first-order chi connectivity index (χ1) is 10.7. The number of amides is 1. The van der Waals surface area contributed by atoms with E-state index in [2.05, 4.69) is 0 Å². The summed E-state index contributed by atoms with van der Waals surface area (Å²) in [6.45, 7) is 0. The number of hydrogen-bond acceptors (Lipinski definition) is 4. The van der Waals surface area contributed by atoms with Crippen LogP contribution in [0.3, 0.4) is 0 Å². The number of nitrogens with one attached hydrogen (secondary N) is 1. The lowest BCUT2D eigenvalue weighted by Crippen LogP contribution is -2.47. The molecule has 1 aromatic carbocycles. The summed E-state index contributed by atoms with van der Waals surface area (Å²) in [5, 5.41) is 10.4. The van der Waals surface area contributed by atoms with Crippen molar-refractivity contribution in [2.24, 2.45) is 0 Å². The third-order valence-electron chi connectivity index (χ3n) is 3.03. The Hall–Kier alpha value is -2.45. The lowest BCUT2D eigenvalue weighted by Gasteiger charge is -2.16. The quantitative estimate of drug-likeness (QED) is 0.793. The van der Waals surface area contributed by atoms with Crippen molar-refractivity contribution in [3.8, 4) is 11.5 Å². The Labute approximate surface area is 130 Å². The molecule has 0 aliphatic rings. The van der Waals surface area contributed by atoms with Crippen LogP contribution in [0.15, 0.2) is 18.2 Å². The molecule has 0 fully saturated rings. The van der Waals surface area contributed by atoms with E-state index in [1.165, 1.54) is 19.5 Å². The summed E-state index contributed by atoms with van der Waals surface area (Å²) < 4.78 is 46.7. The second-order valence-corrected chi connectivity index (χ2v) is 4.59. The van der Waals surface area contributed by atoms with Gasteiger partial charge in [-0.05, 0) is 30.5 Å². The van der Waals surface area contributed by atoms with Gasteiger partial charge in [0.1, 0.15) is 6.04 Å². The molecule has 0 unspecified atom stereocenters. The molecule has 2 N–H and O–H groups in total. The van der Waals surface area contributed by atoms with E-state index in [-0.39, 0.29) is 12.8 Å². The molecule has 1 atom stereocenters. The number of aryl methyl sites for hydroxylation is 1. The fourth-order valence-electron chi connectivity index (χ4n) is 1.84. The third-order valence-corrected chi connectivity index (χ3v) is 3.03. The third kappa shape index (κ3) is 5.35. The Balaban J connectivity index is 2.76. The number of benzene rings is 1. The number of carboxylic acid groups (broad SMARTS) is 1. The minimum absolute atomic E-state index is 0.134. The van der Waals surface area contributed by atoms with Gasteiger partial charge in [0.15, 0.2) is 11.5 Å². The van der Waals surface area contributed by atoms with E-state index in [1.54, 1.807) is 18.2 Å². The van der Waals surface area contributed by atoms with E-state index in [4.69, 9.17) is 14.6 Å². The van der Waals surface area contributed by atoms with Crippen molar-refractivity contribution in [3.05, 3.63) is 23.8 Å². The van der Waals surface area contributed by atoms with E-state index < -0.39 is 24.1 Å². The predicted molar refractivity (Wildman–Crippen MR) is 73.5 cm³/mol. The first-order valence-corrected chi connectivity index (χ1v) is 6.50. The maximum absolute atomic E-state index is 12.2. The van der Waals surface area contributed by atoms with Crippen LogP contribution in [0.25, 0.3) is 0 Å². The molecular weight excluding hydrogens is 319 g/mol. The molecule has 1 aromatic rings. The van der Waals surface area contributed by atoms with E-state index in [1.807, 2.05) is 0 Å². The van der Waals surface area contributed by atoms with Crippen molar-refractivity contribution < 1.29 is 37.3 Å². The molecular formula is C14H16F3NO5. The molecule has 128 valence electrons. The molecule has 0 saturated heterocycles. The summed E-state index contributed by atoms with van der Waals surface area (Å²) in [7, 11) is 2.87. The zero-order valence-corrected chi connectivity index (χ0v) is 12.4. The zero-order chi connectivity index (χ0) is 17.6. The second kappa shape index (κ2) is 7.70. The van der Waals surface area contributed by atoms with Gasteiger partial charge in [-0.2, -0.15) is 13.2 Å². The van der Waals surface area contributed by atoms with Gasteiger partial charge < -0.3 is 19.9 Å². The fourth-order valence-corrected chi connectivity index (χ4v) is 1.84. The molecule has 0 aliphatic carbocycles. The van der Waals surface area contributed by atoms with E-state index in [0.29, 0.717) is 17.1 Å². The van der Waals surface area contributed by atoms with Crippen LogP contribution >= 0.6 is 0 Å². The Morgan fingerprint density at radius 2 is 1.83 bits per heavy atom. The summed E-state index contributed by atoms with van der Waals surface area (Å²) in [5.41, 5.74) is 0.634. The number of halogens is 3. The van der Waals surface area contributed by atoms with E-state index in [9.17, 15) is 22.8 Å². The Morgan fingerprint density at radius 1 is 1.22 bits per heavy atom. The fraction of sp³-hybridized carbons (Fsp3) is 0.429. The van der Waals surface area contributed by atoms with Gasteiger partial charge in [-0.3, -0.25) is 4.79 Å². The number of carbonyl (C=O) groups excluding carboxylic acids is 1. The van der Waals surface area contributed by atoms with Crippen LogP contribution in [-0.2, 0) is 16.0 Å². The van der Waals surface area contributed by atoms with Crippen LogP contribution < -0.4 is 14.8 Å².